The van der Waals surface area contributed by atoms with Crippen LogP contribution in [0.25, 0.3) is 0 Å². The first-order valence-corrected chi connectivity index (χ1v) is 5.50. The third-order valence-corrected chi connectivity index (χ3v) is 3.48. The lowest BCUT2D eigenvalue weighted by Gasteiger charge is -2.29. The number of rotatable bonds is 2. The zero-order valence-corrected chi connectivity index (χ0v) is 8.91. The van der Waals surface area contributed by atoms with Crippen LogP contribution in [0.1, 0.15) is 38.2 Å². The largest absolute Gasteiger partial charge is 0.385 e. The molecule has 1 fully saturated rings. The Balaban J connectivity index is 2.36. The highest BCUT2D eigenvalue weighted by molar-refractivity contribution is 5.21. The summed E-state index contributed by atoms with van der Waals surface area (Å²) in [5.74, 6) is -0.135. The van der Waals surface area contributed by atoms with E-state index in [1.54, 1.807) is 6.20 Å². The van der Waals surface area contributed by atoms with E-state index >= 15 is 0 Å². The topological polar surface area (TPSA) is 33.1 Å². The van der Waals surface area contributed by atoms with Crippen molar-refractivity contribution in [2.45, 2.75) is 38.2 Å². The van der Waals surface area contributed by atoms with Crippen LogP contribution in [0.4, 0.5) is 4.39 Å². The zero-order valence-electron chi connectivity index (χ0n) is 8.91. The van der Waals surface area contributed by atoms with Crippen molar-refractivity contribution in [2.75, 3.05) is 0 Å². The quantitative estimate of drug-likeness (QED) is 0.812. The molecule has 0 spiro atoms. The van der Waals surface area contributed by atoms with Gasteiger partial charge in [0.15, 0.2) is 0 Å². The summed E-state index contributed by atoms with van der Waals surface area (Å²) >= 11 is 0. The van der Waals surface area contributed by atoms with E-state index in [1.165, 1.54) is 12.3 Å². The van der Waals surface area contributed by atoms with Gasteiger partial charge in [-0.05, 0) is 31.2 Å². The number of aromatic nitrogens is 1. The summed E-state index contributed by atoms with van der Waals surface area (Å²) in [4.78, 5) is 3.81. The van der Waals surface area contributed by atoms with Crippen LogP contribution >= 0.6 is 0 Å². The van der Waals surface area contributed by atoms with Gasteiger partial charge in [-0.3, -0.25) is 4.98 Å². The van der Waals surface area contributed by atoms with E-state index in [0.29, 0.717) is 5.56 Å². The lowest BCUT2D eigenvalue weighted by molar-refractivity contribution is -0.00446. The fraction of sp³-hybridized carbons (Fsp3) is 0.583. The highest BCUT2D eigenvalue weighted by Gasteiger charge is 2.41. The van der Waals surface area contributed by atoms with Crippen LogP contribution in [0.5, 0.6) is 0 Å². The monoisotopic (exact) mass is 209 g/mol. The van der Waals surface area contributed by atoms with Gasteiger partial charge >= 0.3 is 0 Å². The first kappa shape index (κ1) is 10.6. The van der Waals surface area contributed by atoms with Crippen LogP contribution in [-0.2, 0) is 5.60 Å². The molecule has 1 heterocycles. The SMILES string of the molecule is CCC1CCCC1(O)c1cncc(F)c1. The fourth-order valence-corrected chi connectivity index (χ4v) is 2.63. The molecular formula is C12H16FNO. The number of aliphatic hydroxyl groups is 1. The molecule has 1 N–H and O–H groups in total. The molecule has 1 aliphatic rings. The molecule has 15 heavy (non-hydrogen) atoms. The molecule has 0 bridgehead atoms. The number of hydrogen-bond acceptors (Lipinski definition) is 2. The van der Waals surface area contributed by atoms with E-state index in [4.69, 9.17) is 0 Å². The maximum atomic E-state index is 13.0. The van der Waals surface area contributed by atoms with Crippen molar-refractivity contribution in [1.29, 1.82) is 0 Å². The van der Waals surface area contributed by atoms with Gasteiger partial charge in [-0.2, -0.15) is 0 Å². The minimum Gasteiger partial charge on any atom is -0.385 e. The number of halogens is 1. The third-order valence-electron chi connectivity index (χ3n) is 3.48. The lowest BCUT2D eigenvalue weighted by atomic mass is 9.83. The maximum absolute atomic E-state index is 13.0. The standard InChI is InChI=1S/C12H16FNO/c1-2-9-4-3-5-12(9,15)10-6-11(13)8-14-7-10/h6-9,15H,2-5H2,1H3. The predicted molar refractivity (Wildman–Crippen MR) is 55.7 cm³/mol. The van der Waals surface area contributed by atoms with Crippen LogP contribution in [0.2, 0.25) is 0 Å². The van der Waals surface area contributed by atoms with Crippen molar-refractivity contribution >= 4 is 0 Å². The van der Waals surface area contributed by atoms with Crippen molar-refractivity contribution in [2.24, 2.45) is 5.92 Å². The Morgan fingerprint density at radius 3 is 3.07 bits per heavy atom. The molecule has 3 heteroatoms. The van der Waals surface area contributed by atoms with Gasteiger partial charge in [0.1, 0.15) is 5.82 Å². The first-order valence-electron chi connectivity index (χ1n) is 5.50. The van der Waals surface area contributed by atoms with Crippen molar-refractivity contribution in [3.8, 4) is 0 Å². The Morgan fingerprint density at radius 1 is 1.60 bits per heavy atom. The Kier molecular flexibility index (Phi) is 2.74. The zero-order chi connectivity index (χ0) is 10.9. The van der Waals surface area contributed by atoms with Crippen molar-refractivity contribution in [3.05, 3.63) is 29.8 Å². The molecule has 2 rings (SSSR count). The van der Waals surface area contributed by atoms with Crippen LogP contribution in [0.3, 0.4) is 0 Å². The predicted octanol–water partition coefficient (Wildman–Crippen LogP) is 2.62. The minimum atomic E-state index is -0.857. The number of pyridine rings is 1. The second-order valence-corrected chi connectivity index (χ2v) is 4.31. The van der Waals surface area contributed by atoms with Crippen LogP contribution in [0.15, 0.2) is 18.5 Å². The molecule has 0 saturated heterocycles. The maximum Gasteiger partial charge on any atom is 0.141 e. The van der Waals surface area contributed by atoms with E-state index in [2.05, 4.69) is 11.9 Å². The lowest BCUT2D eigenvalue weighted by Crippen LogP contribution is -2.30. The van der Waals surface area contributed by atoms with E-state index in [9.17, 15) is 9.50 Å². The van der Waals surface area contributed by atoms with Crippen molar-refractivity contribution in [3.63, 3.8) is 0 Å². The number of nitrogens with zero attached hydrogens (tertiary/aromatic N) is 1. The summed E-state index contributed by atoms with van der Waals surface area (Å²) in [5.41, 5.74) is -0.226. The summed E-state index contributed by atoms with van der Waals surface area (Å²) < 4.78 is 13.0. The highest BCUT2D eigenvalue weighted by atomic mass is 19.1. The molecule has 2 atom stereocenters. The molecule has 82 valence electrons. The Labute approximate surface area is 89.2 Å². The second kappa shape index (κ2) is 3.89. The third kappa shape index (κ3) is 1.76. The normalized spacial score (nSPS) is 30.7. The average molecular weight is 209 g/mol. The Morgan fingerprint density at radius 2 is 2.40 bits per heavy atom. The van der Waals surface area contributed by atoms with Crippen LogP contribution < -0.4 is 0 Å². The molecule has 0 aromatic carbocycles. The van der Waals surface area contributed by atoms with Gasteiger partial charge in [-0.25, -0.2) is 4.39 Å². The molecular weight excluding hydrogens is 193 g/mol. The molecule has 1 aromatic rings. The summed E-state index contributed by atoms with van der Waals surface area (Å²) in [7, 11) is 0. The van der Waals surface area contributed by atoms with E-state index in [-0.39, 0.29) is 11.7 Å². The Bertz CT molecular complexity index is 355. The van der Waals surface area contributed by atoms with E-state index < -0.39 is 5.60 Å². The van der Waals surface area contributed by atoms with E-state index in [1.807, 2.05) is 0 Å². The highest BCUT2D eigenvalue weighted by Crippen LogP contribution is 2.44. The summed E-state index contributed by atoms with van der Waals surface area (Å²) in [5, 5.41) is 10.5. The second-order valence-electron chi connectivity index (χ2n) is 4.31. The van der Waals surface area contributed by atoms with Crippen molar-refractivity contribution < 1.29 is 9.50 Å². The summed E-state index contributed by atoms with van der Waals surface area (Å²) in [6, 6.07) is 1.40. The van der Waals surface area contributed by atoms with Gasteiger partial charge in [0.2, 0.25) is 0 Å². The van der Waals surface area contributed by atoms with Gasteiger partial charge in [0.25, 0.3) is 0 Å². The number of hydrogen-bond donors (Lipinski definition) is 1. The molecule has 1 aromatic heterocycles. The average Bonchev–Trinajstić information content (AvgIpc) is 2.61. The first-order chi connectivity index (χ1) is 7.16. The summed E-state index contributed by atoms with van der Waals surface area (Å²) in [6.45, 7) is 2.06. The molecule has 0 radical (unpaired) electrons. The molecule has 2 nitrogen and oxygen atoms in total. The molecule has 1 aliphatic carbocycles. The Hall–Kier alpha value is -0.960. The molecule has 1 saturated carbocycles. The smallest absolute Gasteiger partial charge is 0.141 e. The van der Waals surface area contributed by atoms with Gasteiger partial charge in [0, 0.05) is 11.8 Å². The van der Waals surface area contributed by atoms with E-state index in [0.717, 1.165) is 25.7 Å². The minimum absolute atomic E-state index is 0.237. The molecule has 0 aliphatic heterocycles. The van der Waals surface area contributed by atoms with Crippen LogP contribution in [0, 0.1) is 11.7 Å². The summed E-state index contributed by atoms with van der Waals surface area (Å²) in [6.07, 6.45) is 6.42. The molecule has 0 amide bonds. The van der Waals surface area contributed by atoms with Crippen molar-refractivity contribution in [1.82, 2.24) is 4.98 Å². The molecule has 2 unspecified atom stereocenters. The van der Waals surface area contributed by atoms with Gasteiger partial charge in [-0.15, -0.1) is 0 Å². The van der Waals surface area contributed by atoms with Gasteiger partial charge in [0.05, 0.1) is 11.8 Å². The van der Waals surface area contributed by atoms with Gasteiger partial charge < -0.3 is 5.11 Å². The fourth-order valence-electron chi connectivity index (χ4n) is 2.63. The van der Waals surface area contributed by atoms with Gasteiger partial charge in [-0.1, -0.05) is 13.3 Å². The van der Waals surface area contributed by atoms with Crippen LogP contribution in [-0.4, -0.2) is 10.1 Å².